The number of amides is 1. The molecule has 2 aliphatic rings. The summed E-state index contributed by atoms with van der Waals surface area (Å²) in [4.78, 5) is 14.8. The average molecular weight is 331 g/mol. The standard InChI is InChI=1S/C19H29N3O2/c1-14-4-2-3-11-22(14)13-15-5-7-16(8-6-15)21-19(23)18-10-9-17(12-20)24-18/h5-8,14,17-18H,2-4,9-13,20H2,1H3,(H,21,23)/t14?,17-,18+/m1/s1. The molecule has 3 N–H and O–H groups in total. The molecule has 5 nitrogen and oxygen atoms in total. The Bertz CT molecular complexity index is 546. The van der Waals surface area contributed by atoms with Crippen molar-refractivity contribution in [3.8, 4) is 0 Å². The molecule has 0 aromatic heterocycles. The molecule has 0 aliphatic carbocycles. The molecule has 132 valence electrons. The second-order valence-corrected chi connectivity index (χ2v) is 7.06. The highest BCUT2D eigenvalue weighted by Gasteiger charge is 2.29. The average Bonchev–Trinajstić information content (AvgIpc) is 3.08. The van der Waals surface area contributed by atoms with Gasteiger partial charge in [0.05, 0.1) is 6.10 Å². The van der Waals surface area contributed by atoms with Crippen LogP contribution in [0.3, 0.4) is 0 Å². The van der Waals surface area contributed by atoms with Gasteiger partial charge >= 0.3 is 0 Å². The SMILES string of the molecule is CC1CCCCN1Cc1ccc(NC(=O)[C@@H]2CC[C@H](CN)O2)cc1. The van der Waals surface area contributed by atoms with Crippen molar-refractivity contribution in [2.45, 2.75) is 63.8 Å². The predicted octanol–water partition coefficient (Wildman–Crippen LogP) is 2.51. The Morgan fingerprint density at radius 2 is 2.04 bits per heavy atom. The van der Waals surface area contributed by atoms with Crippen LogP contribution in [0.2, 0.25) is 0 Å². The molecule has 1 aromatic rings. The van der Waals surface area contributed by atoms with Crippen LogP contribution in [-0.2, 0) is 16.1 Å². The lowest BCUT2D eigenvalue weighted by Gasteiger charge is -2.33. The van der Waals surface area contributed by atoms with E-state index in [0.717, 1.165) is 25.1 Å². The molecule has 0 radical (unpaired) electrons. The molecule has 3 atom stereocenters. The fourth-order valence-corrected chi connectivity index (χ4v) is 3.62. The molecule has 0 spiro atoms. The summed E-state index contributed by atoms with van der Waals surface area (Å²) < 4.78 is 5.64. The molecule has 1 aromatic carbocycles. The Labute approximate surface area is 144 Å². The van der Waals surface area contributed by atoms with Gasteiger partial charge in [-0.15, -0.1) is 0 Å². The van der Waals surface area contributed by atoms with E-state index >= 15 is 0 Å². The van der Waals surface area contributed by atoms with Crippen LogP contribution in [-0.4, -0.2) is 42.1 Å². The lowest BCUT2D eigenvalue weighted by molar-refractivity contribution is -0.126. The number of ether oxygens (including phenoxy) is 1. The van der Waals surface area contributed by atoms with Crippen molar-refractivity contribution in [2.24, 2.45) is 5.73 Å². The van der Waals surface area contributed by atoms with Crippen molar-refractivity contribution in [1.29, 1.82) is 0 Å². The predicted molar refractivity (Wildman–Crippen MR) is 95.7 cm³/mol. The van der Waals surface area contributed by atoms with E-state index in [1.54, 1.807) is 0 Å². The molecule has 2 fully saturated rings. The lowest BCUT2D eigenvalue weighted by atomic mass is 10.0. The Balaban J connectivity index is 1.52. The third-order valence-corrected chi connectivity index (χ3v) is 5.21. The first-order chi connectivity index (χ1) is 11.7. The topological polar surface area (TPSA) is 67.6 Å². The number of benzene rings is 1. The smallest absolute Gasteiger partial charge is 0.253 e. The van der Waals surface area contributed by atoms with E-state index < -0.39 is 0 Å². The number of nitrogens with zero attached hydrogens (tertiary/aromatic N) is 1. The van der Waals surface area contributed by atoms with Gasteiger partial charge in [-0.05, 0) is 56.8 Å². The minimum atomic E-state index is -0.368. The van der Waals surface area contributed by atoms with E-state index in [-0.39, 0.29) is 18.1 Å². The van der Waals surface area contributed by atoms with Crippen molar-refractivity contribution in [1.82, 2.24) is 4.90 Å². The number of rotatable bonds is 5. The maximum atomic E-state index is 12.2. The highest BCUT2D eigenvalue weighted by atomic mass is 16.5. The molecule has 2 aliphatic heterocycles. The number of likely N-dealkylation sites (tertiary alicyclic amines) is 1. The quantitative estimate of drug-likeness (QED) is 0.870. The second kappa shape index (κ2) is 8.10. The third kappa shape index (κ3) is 4.35. The normalized spacial score (nSPS) is 28.0. The first kappa shape index (κ1) is 17.4. The van der Waals surface area contributed by atoms with Gasteiger partial charge in [-0.2, -0.15) is 0 Å². The fourth-order valence-electron chi connectivity index (χ4n) is 3.62. The van der Waals surface area contributed by atoms with Crippen LogP contribution < -0.4 is 11.1 Å². The number of anilines is 1. The highest BCUT2D eigenvalue weighted by molar-refractivity contribution is 5.94. The number of nitrogens with one attached hydrogen (secondary N) is 1. The molecule has 24 heavy (non-hydrogen) atoms. The Morgan fingerprint density at radius 1 is 1.25 bits per heavy atom. The second-order valence-electron chi connectivity index (χ2n) is 7.06. The number of hydrogen-bond acceptors (Lipinski definition) is 4. The molecular weight excluding hydrogens is 302 g/mol. The minimum absolute atomic E-state index is 0.0228. The van der Waals surface area contributed by atoms with E-state index in [1.165, 1.54) is 31.4 Å². The summed E-state index contributed by atoms with van der Waals surface area (Å²) in [6.45, 7) is 4.96. The zero-order valence-corrected chi connectivity index (χ0v) is 14.5. The van der Waals surface area contributed by atoms with E-state index in [1.807, 2.05) is 12.1 Å². The maximum absolute atomic E-state index is 12.2. The van der Waals surface area contributed by atoms with E-state index in [0.29, 0.717) is 12.6 Å². The van der Waals surface area contributed by atoms with Gasteiger partial charge in [0.2, 0.25) is 0 Å². The lowest BCUT2D eigenvalue weighted by Crippen LogP contribution is -2.36. The largest absolute Gasteiger partial charge is 0.364 e. The highest BCUT2D eigenvalue weighted by Crippen LogP contribution is 2.22. The van der Waals surface area contributed by atoms with Crippen LogP contribution in [0, 0.1) is 0 Å². The van der Waals surface area contributed by atoms with Crippen molar-refractivity contribution in [3.63, 3.8) is 0 Å². The van der Waals surface area contributed by atoms with Crippen LogP contribution in [0.1, 0.15) is 44.6 Å². The Kier molecular flexibility index (Phi) is 5.87. The molecule has 2 heterocycles. The van der Waals surface area contributed by atoms with Crippen LogP contribution in [0.25, 0.3) is 0 Å². The summed E-state index contributed by atoms with van der Waals surface area (Å²) in [6, 6.07) is 8.84. The molecular formula is C19H29N3O2. The summed E-state index contributed by atoms with van der Waals surface area (Å²) >= 11 is 0. The first-order valence-electron chi connectivity index (χ1n) is 9.15. The van der Waals surface area contributed by atoms with Crippen LogP contribution >= 0.6 is 0 Å². The van der Waals surface area contributed by atoms with Gasteiger partial charge in [0.15, 0.2) is 0 Å². The monoisotopic (exact) mass is 331 g/mol. The van der Waals surface area contributed by atoms with Gasteiger partial charge in [0.25, 0.3) is 5.91 Å². The van der Waals surface area contributed by atoms with Crippen LogP contribution in [0.4, 0.5) is 5.69 Å². The first-order valence-corrected chi connectivity index (χ1v) is 9.15. The summed E-state index contributed by atoms with van der Waals surface area (Å²) in [5, 5.41) is 2.95. The van der Waals surface area contributed by atoms with Gasteiger partial charge in [0.1, 0.15) is 6.10 Å². The number of piperidine rings is 1. The number of carbonyl (C=O) groups excluding carboxylic acids is 1. The third-order valence-electron chi connectivity index (χ3n) is 5.21. The fraction of sp³-hybridized carbons (Fsp3) is 0.632. The number of nitrogens with two attached hydrogens (primary N) is 1. The Morgan fingerprint density at radius 3 is 2.71 bits per heavy atom. The molecule has 1 amide bonds. The molecule has 0 saturated carbocycles. The molecule has 1 unspecified atom stereocenters. The van der Waals surface area contributed by atoms with Crippen LogP contribution in [0.5, 0.6) is 0 Å². The maximum Gasteiger partial charge on any atom is 0.253 e. The molecule has 3 rings (SSSR count). The zero-order chi connectivity index (χ0) is 16.9. The van der Waals surface area contributed by atoms with Gasteiger partial charge in [-0.1, -0.05) is 18.6 Å². The summed E-state index contributed by atoms with van der Waals surface area (Å²) in [5.74, 6) is -0.0663. The molecule has 5 heteroatoms. The minimum Gasteiger partial charge on any atom is -0.364 e. The zero-order valence-electron chi connectivity index (χ0n) is 14.5. The van der Waals surface area contributed by atoms with Crippen molar-refractivity contribution < 1.29 is 9.53 Å². The van der Waals surface area contributed by atoms with Crippen LogP contribution in [0.15, 0.2) is 24.3 Å². The van der Waals surface area contributed by atoms with Gasteiger partial charge in [0, 0.05) is 24.8 Å². The van der Waals surface area contributed by atoms with Crippen molar-refractivity contribution in [3.05, 3.63) is 29.8 Å². The van der Waals surface area contributed by atoms with Crippen molar-refractivity contribution in [2.75, 3.05) is 18.4 Å². The van der Waals surface area contributed by atoms with Crippen molar-refractivity contribution >= 4 is 11.6 Å². The number of carbonyl (C=O) groups is 1. The van der Waals surface area contributed by atoms with Gasteiger partial charge in [-0.3, -0.25) is 9.69 Å². The van der Waals surface area contributed by atoms with E-state index in [4.69, 9.17) is 10.5 Å². The summed E-state index contributed by atoms with van der Waals surface area (Å²) in [6.07, 6.45) is 5.20. The summed E-state index contributed by atoms with van der Waals surface area (Å²) in [5.41, 5.74) is 7.71. The van der Waals surface area contributed by atoms with E-state index in [9.17, 15) is 4.79 Å². The Hall–Kier alpha value is -1.43. The molecule has 2 saturated heterocycles. The number of hydrogen-bond donors (Lipinski definition) is 2. The summed E-state index contributed by atoms with van der Waals surface area (Å²) in [7, 11) is 0. The molecule has 0 bridgehead atoms. The van der Waals surface area contributed by atoms with Gasteiger partial charge in [-0.25, -0.2) is 0 Å². The van der Waals surface area contributed by atoms with E-state index in [2.05, 4.69) is 29.3 Å². The van der Waals surface area contributed by atoms with Gasteiger partial charge < -0.3 is 15.8 Å².